The predicted molar refractivity (Wildman–Crippen MR) is 109 cm³/mol. The fourth-order valence-electron chi connectivity index (χ4n) is 2.84. The number of hydrogen-bond donors (Lipinski definition) is 3. The van der Waals surface area contributed by atoms with Crippen LogP contribution in [0.1, 0.15) is 5.82 Å². The molecular formula is C19H24N4O4S. The molecule has 1 aromatic heterocycles. The van der Waals surface area contributed by atoms with Crippen molar-refractivity contribution in [3.8, 4) is 5.75 Å². The van der Waals surface area contributed by atoms with Crippen molar-refractivity contribution in [3.05, 3.63) is 54.4 Å². The maximum Gasteiger partial charge on any atom is 0.229 e. The van der Waals surface area contributed by atoms with E-state index >= 15 is 0 Å². The molecule has 2 aromatic carbocycles. The second-order valence-corrected chi connectivity index (χ2v) is 8.51. The third kappa shape index (κ3) is 5.95. The zero-order valence-corrected chi connectivity index (χ0v) is 16.6. The number of aliphatic hydroxyl groups excluding tert-OH is 1. The molecule has 3 N–H and O–H groups in total. The van der Waals surface area contributed by atoms with E-state index in [9.17, 15) is 13.5 Å². The maximum absolute atomic E-state index is 11.2. The molecule has 0 saturated carbocycles. The molecule has 0 fully saturated rings. The van der Waals surface area contributed by atoms with Crippen LogP contribution in [0.4, 0.5) is 5.69 Å². The van der Waals surface area contributed by atoms with E-state index in [1.54, 1.807) is 24.3 Å². The number of nitrogens with zero attached hydrogens (tertiary/aromatic N) is 2. The van der Waals surface area contributed by atoms with Gasteiger partial charge in [0.25, 0.3) is 0 Å². The first-order valence-corrected chi connectivity index (χ1v) is 10.7. The zero-order valence-electron chi connectivity index (χ0n) is 15.8. The van der Waals surface area contributed by atoms with Crippen molar-refractivity contribution >= 4 is 26.7 Å². The van der Waals surface area contributed by atoms with E-state index in [1.165, 1.54) is 0 Å². The normalized spacial score (nSPS) is 13.0. The van der Waals surface area contributed by atoms with Gasteiger partial charge in [-0.1, -0.05) is 12.1 Å². The first-order valence-electron chi connectivity index (χ1n) is 8.79. The van der Waals surface area contributed by atoms with Crippen LogP contribution in [0.2, 0.25) is 0 Å². The molecule has 0 aliphatic heterocycles. The quantitative estimate of drug-likeness (QED) is 0.502. The van der Waals surface area contributed by atoms with Gasteiger partial charge in [-0.3, -0.25) is 9.62 Å². The Morgan fingerprint density at radius 3 is 2.61 bits per heavy atom. The minimum atomic E-state index is -3.31. The number of aromatic nitrogens is 2. The van der Waals surface area contributed by atoms with Gasteiger partial charge in [0.15, 0.2) is 0 Å². The number of rotatable bonds is 9. The molecule has 3 rings (SSSR count). The summed E-state index contributed by atoms with van der Waals surface area (Å²) in [7, 11) is -1.40. The second kappa shape index (κ2) is 8.59. The summed E-state index contributed by atoms with van der Waals surface area (Å²) in [6.45, 7) is 1.13. The number of likely N-dealkylation sites (N-methyl/N-ethyl adjacent to an activating group) is 1. The smallest absolute Gasteiger partial charge is 0.229 e. The maximum atomic E-state index is 11.2. The van der Waals surface area contributed by atoms with Crippen LogP contribution in [-0.2, 0) is 16.6 Å². The van der Waals surface area contributed by atoms with Crippen LogP contribution in [0, 0.1) is 0 Å². The Morgan fingerprint density at radius 2 is 1.93 bits per heavy atom. The standard InChI is InChI=1S/C19H24N4O4S/c1-23(12-19-20-17-5-3-4-6-18(17)21-19)11-15(24)13-27-16-9-7-14(8-10-16)22-28(2,25)26/h3-10,15,22,24H,11-13H2,1-2H3,(H,20,21). The van der Waals surface area contributed by atoms with Crippen molar-refractivity contribution in [3.63, 3.8) is 0 Å². The van der Waals surface area contributed by atoms with Gasteiger partial charge in [-0.2, -0.15) is 0 Å². The summed E-state index contributed by atoms with van der Waals surface area (Å²) < 4.78 is 30.4. The lowest BCUT2D eigenvalue weighted by atomic mass is 10.3. The molecule has 0 saturated heterocycles. The lowest BCUT2D eigenvalue weighted by molar-refractivity contribution is 0.0738. The molecule has 0 radical (unpaired) electrons. The molecule has 1 atom stereocenters. The van der Waals surface area contributed by atoms with E-state index in [0.29, 0.717) is 24.5 Å². The minimum Gasteiger partial charge on any atom is -0.491 e. The number of benzene rings is 2. The average Bonchev–Trinajstić information content (AvgIpc) is 3.01. The highest BCUT2D eigenvalue weighted by atomic mass is 32.2. The fourth-order valence-corrected chi connectivity index (χ4v) is 3.40. The van der Waals surface area contributed by atoms with Gasteiger partial charge in [-0.05, 0) is 43.4 Å². The van der Waals surface area contributed by atoms with Gasteiger partial charge in [0.05, 0.1) is 23.8 Å². The van der Waals surface area contributed by atoms with Crippen molar-refractivity contribution in [2.45, 2.75) is 12.6 Å². The summed E-state index contributed by atoms with van der Waals surface area (Å²) in [5, 5.41) is 10.2. The number of sulfonamides is 1. The molecule has 0 amide bonds. The monoisotopic (exact) mass is 404 g/mol. The van der Waals surface area contributed by atoms with E-state index in [2.05, 4.69) is 14.7 Å². The zero-order chi connectivity index (χ0) is 20.1. The highest BCUT2D eigenvalue weighted by Gasteiger charge is 2.12. The highest BCUT2D eigenvalue weighted by Crippen LogP contribution is 2.17. The fraction of sp³-hybridized carbons (Fsp3) is 0.316. The van der Waals surface area contributed by atoms with Gasteiger partial charge < -0.3 is 14.8 Å². The number of nitrogens with one attached hydrogen (secondary N) is 2. The Bertz CT molecular complexity index is 985. The van der Waals surface area contributed by atoms with E-state index in [0.717, 1.165) is 23.1 Å². The van der Waals surface area contributed by atoms with Crippen molar-refractivity contribution in [2.24, 2.45) is 0 Å². The van der Waals surface area contributed by atoms with Crippen LogP contribution in [0.15, 0.2) is 48.5 Å². The van der Waals surface area contributed by atoms with Gasteiger partial charge in [0.1, 0.15) is 24.3 Å². The van der Waals surface area contributed by atoms with Crippen LogP contribution < -0.4 is 9.46 Å². The first kappa shape index (κ1) is 20.1. The summed E-state index contributed by atoms with van der Waals surface area (Å²) in [5.41, 5.74) is 2.37. The molecule has 8 nitrogen and oxygen atoms in total. The Labute approximate surface area is 164 Å². The van der Waals surface area contributed by atoms with Crippen LogP contribution in [-0.4, -0.2) is 61.0 Å². The number of para-hydroxylation sites is 2. The lowest BCUT2D eigenvalue weighted by Crippen LogP contribution is -2.33. The first-order chi connectivity index (χ1) is 13.3. The van der Waals surface area contributed by atoms with Gasteiger partial charge in [0, 0.05) is 12.2 Å². The number of hydrogen-bond acceptors (Lipinski definition) is 6. The number of fused-ring (bicyclic) bond motifs is 1. The van der Waals surface area contributed by atoms with Gasteiger partial charge >= 0.3 is 0 Å². The van der Waals surface area contributed by atoms with Gasteiger partial charge in [-0.25, -0.2) is 13.4 Å². The molecule has 0 aliphatic carbocycles. The number of ether oxygens (including phenoxy) is 1. The molecule has 1 unspecified atom stereocenters. The number of H-pyrrole nitrogens is 1. The Morgan fingerprint density at radius 1 is 1.21 bits per heavy atom. The number of anilines is 1. The Balaban J connectivity index is 1.46. The van der Waals surface area contributed by atoms with Crippen molar-refractivity contribution in [1.82, 2.24) is 14.9 Å². The van der Waals surface area contributed by atoms with Crippen molar-refractivity contribution in [1.29, 1.82) is 0 Å². The van der Waals surface area contributed by atoms with E-state index < -0.39 is 16.1 Å². The molecule has 0 aliphatic rings. The van der Waals surface area contributed by atoms with Crippen LogP contribution in [0.5, 0.6) is 5.75 Å². The largest absolute Gasteiger partial charge is 0.491 e. The molecule has 150 valence electrons. The summed E-state index contributed by atoms with van der Waals surface area (Å²) in [5.74, 6) is 1.39. The molecule has 0 spiro atoms. The van der Waals surface area contributed by atoms with Crippen LogP contribution >= 0.6 is 0 Å². The predicted octanol–water partition coefficient (Wildman–Crippen LogP) is 1.81. The average molecular weight is 404 g/mol. The van der Waals surface area contributed by atoms with Gasteiger partial charge in [-0.15, -0.1) is 0 Å². The Hall–Kier alpha value is -2.62. The topological polar surface area (TPSA) is 108 Å². The number of imidazole rings is 1. The molecule has 1 heterocycles. The number of aliphatic hydroxyl groups is 1. The van der Waals surface area contributed by atoms with E-state index in [-0.39, 0.29) is 6.61 Å². The highest BCUT2D eigenvalue weighted by molar-refractivity contribution is 7.92. The lowest BCUT2D eigenvalue weighted by Gasteiger charge is -2.20. The van der Waals surface area contributed by atoms with Crippen LogP contribution in [0.3, 0.4) is 0 Å². The molecule has 28 heavy (non-hydrogen) atoms. The third-order valence-corrected chi connectivity index (χ3v) is 4.59. The van der Waals surface area contributed by atoms with Gasteiger partial charge in [0.2, 0.25) is 10.0 Å². The van der Waals surface area contributed by atoms with E-state index in [1.807, 2.05) is 36.2 Å². The summed E-state index contributed by atoms with van der Waals surface area (Å²) >= 11 is 0. The van der Waals surface area contributed by atoms with Crippen molar-refractivity contribution in [2.75, 3.05) is 31.2 Å². The summed E-state index contributed by atoms with van der Waals surface area (Å²) in [6.07, 6.45) is 0.415. The number of aromatic amines is 1. The molecule has 3 aromatic rings. The molecular weight excluding hydrogens is 380 g/mol. The SMILES string of the molecule is CN(Cc1nc2ccccc2[nH]1)CC(O)COc1ccc(NS(C)(=O)=O)cc1. The minimum absolute atomic E-state index is 0.128. The second-order valence-electron chi connectivity index (χ2n) is 6.76. The molecule has 9 heteroatoms. The summed E-state index contributed by atoms with van der Waals surface area (Å²) in [4.78, 5) is 9.76. The van der Waals surface area contributed by atoms with Crippen LogP contribution in [0.25, 0.3) is 11.0 Å². The summed E-state index contributed by atoms with van der Waals surface area (Å²) in [6, 6.07) is 14.4. The molecule has 0 bridgehead atoms. The van der Waals surface area contributed by atoms with Crippen molar-refractivity contribution < 1.29 is 18.3 Å². The third-order valence-electron chi connectivity index (χ3n) is 3.98. The Kier molecular flexibility index (Phi) is 6.18. The van der Waals surface area contributed by atoms with E-state index in [4.69, 9.17) is 4.74 Å².